The minimum atomic E-state index is -0.868. The van der Waals surface area contributed by atoms with Crippen LogP contribution in [0.3, 0.4) is 0 Å². The molecule has 0 aromatic heterocycles. The molecule has 0 aliphatic heterocycles. The quantitative estimate of drug-likeness (QED) is 0.569. The lowest BCUT2D eigenvalue weighted by molar-refractivity contribution is 0.00975. The Balaban J connectivity index is 2.32. The number of esters is 1. The van der Waals surface area contributed by atoms with Crippen LogP contribution in [0.15, 0.2) is 43.0 Å². The second kappa shape index (κ2) is 7.63. The molecule has 0 saturated heterocycles. The summed E-state index contributed by atoms with van der Waals surface area (Å²) in [6.45, 7) is 3.37. The Morgan fingerprint density at radius 1 is 1.28 bits per heavy atom. The largest absolute Gasteiger partial charge is 0.459 e. The Bertz CT molecular complexity index is 375. The molecule has 0 saturated carbocycles. The van der Waals surface area contributed by atoms with Crippen LogP contribution in [-0.4, -0.2) is 35.0 Å². The zero-order chi connectivity index (χ0) is 13.4. The van der Waals surface area contributed by atoms with Crippen molar-refractivity contribution >= 4 is 5.97 Å². The molecule has 18 heavy (non-hydrogen) atoms. The van der Waals surface area contributed by atoms with Crippen LogP contribution in [0.5, 0.6) is 0 Å². The normalized spacial score (nSPS) is 13.7. The zero-order valence-electron chi connectivity index (χ0n) is 10.2. The summed E-state index contributed by atoms with van der Waals surface area (Å²) >= 11 is 0. The fraction of sp³-hybridized carbons (Fsp3) is 0.357. The van der Waals surface area contributed by atoms with Crippen LogP contribution in [0.2, 0.25) is 0 Å². The summed E-state index contributed by atoms with van der Waals surface area (Å²) in [5.74, 6) is -0.479. The third-order valence-corrected chi connectivity index (χ3v) is 2.40. The molecule has 0 unspecified atom stereocenters. The predicted molar refractivity (Wildman–Crippen MR) is 68.2 cm³/mol. The van der Waals surface area contributed by atoms with Crippen molar-refractivity contribution in [3.8, 4) is 0 Å². The van der Waals surface area contributed by atoms with Crippen LogP contribution >= 0.6 is 0 Å². The summed E-state index contributed by atoms with van der Waals surface area (Å²) < 4.78 is 4.94. The van der Waals surface area contributed by atoms with Crippen LogP contribution in [0, 0.1) is 0 Å². The smallest absolute Gasteiger partial charge is 0.338 e. The highest BCUT2D eigenvalue weighted by molar-refractivity contribution is 5.89. The molecule has 0 amide bonds. The molecule has 1 rings (SSSR count). The van der Waals surface area contributed by atoms with E-state index < -0.39 is 18.2 Å². The summed E-state index contributed by atoms with van der Waals surface area (Å²) in [5, 5.41) is 19.0. The van der Waals surface area contributed by atoms with E-state index in [0.29, 0.717) is 12.0 Å². The SMILES string of the molecule is C=CC[C@H](O)C[C@H](O)COC(=O)c1ccccc1. The van der Waals surface area contributed by atoms with Crippen molar-refractivity contribution in [1.82, 2.24) is 0 Å². The minimum absolute atomic E-state index is 0.123. The average Bonchev–Trinajstić information content (AvgIpc) is 2.37. The van der Waals surface area contributed by atoms with Crippen LogP contribution in [0.1, 0.15) is 23.2 Å². The van der Waals surface area contributed by atoms with Gasteiger partial charge in [0.15, 0.2) is 0 Å². The fourth-order valence-corrected chi connectivity index (χ4v) is 1.50. The van der Waals surface area contributed by atoms with Gasteiger partial charge in [0.05, 0.1) is 17.8 Å². The third-order valence-electron chi connectivity index (χ3n) is 2.40. The van der Waals surface area contributed by atoms with Crippen molar-refractivity contribution in [2.24, 2.45) is 0 Å². The number of aliphatic hydroxyl groups is 2. The predicted octanol–water partition coefficient (Wildman–Crippen LogP) is 1.53. The first-order chi connectivity index (χ1) is 8.63. The molecule has 0 spiro atoms. The van der Waals surface area contributed by atoms with E-state index in [4.69, 9.17) is 4.74 Å². The Morgan fingerprint density at radius 2 is 1.94 bits per heavy atom. The summed E-state index contributed by atoms with van der Waals surface area (Å²) in [6, 6.07) is 8.56. The van der Waals surface area contributed by atoms with Gasteiger partial charge in [0.2, 0.25) is 0 Å². The number of hydrogen-bond donors (Lipinski definition) is 2. The van der Waals surface area contributed by atoms with Gasteiger partial charge in [-0.3, -0.25) is 0 Å². The van der Waals surface area contributed by atoms with E-state index in [9.17, 15) is 15.0 Å². The first-order valence-corrected chi connectivity index (χ1v) is 5.82. The number of carbonyl (C=O) groups is 1. The molecule has 0 bridgehead atoms. The first kappa shape index (κ1) is 14.4. The second-order valence-corrected chi connectivity index (χ2v) is 4.03. The van der Waals surface area contributed by atoms with Gasteiger partial charge >= 0.3 is 5.97 Å². The van der Waals surface area contributed by atoms with Crippen molar-refractivity contribution < 1.29 is 19.7 Å². The lowest BCUT2D eigenvalue weighted by Gasteiger charge is -2.14. The van der Waals surface area contributed by atoms with E-state index >= 15 is 0 Å². The molecule has 0 fully saturated rings. The van der Waals surface area contributed by atoms with Gasteiger partial charge in [-0.1, -0.05) is 24.3 Å². The molecule has 0 radical (unpaired) electrons. The number of rotatable bonds is 7. The van der Waals surface area contributed by atoms with Crippen molar-refractivity contribution in [1.29, 1.82) is 0 Å². The lowest BCUT2D eigenvalue weighted by Crippen LogP contribution is -2.23. The van der Waals surface area contributed by atoms with Crippen molar-refractivity contribution in [2.75, 3.05) is 6.61 Å². The van der Waals surface area contributed by atoms with Gasteiger partial charge in [0, 0.05) is 6.42 Å². The van der Waals surface area contributed by atoms with Crippen LogP contribution in [0.25, 0.3) is 0 Å². The third kappa shape index (κ3) is 5.12. The summed E-state index contributed by atoms with van der Waals surface area (Å²) in [7, 11) is 0. The lowest BCUT2D eigenvalue weighted by atomic mass is 10.1. The zero-order valence-corrected chi connectivity index (χ0v) is 10.2. The van der Waals surface area contributed by atoms with E-state index in [1.807, 2.05) is 0 Å². The van der Waals surface area contributed by atoms with E-state index in [0.717, 1.165) is 0 Å². The Morgan fingerprint density at radius 3 is 2.56 bits per heavy atom. The molecule has 1 aromatic carbocycles. The van der Waals surface area contributed by atoms with Gasteiger partial charge in [0.25, 0.3) is 0 Å². The minimum Gasteiger partial charge on any atom is -0.459 e. The standard InChI is InChI=1S/C14H18O4/c1-2-6-12(15)9-13(16)10-18-14(17)11-7-4-3-5-8-11/h2-5,7-8,12-13,15-16H,1,6,9-10H2/t12-,13-/m0/s1. The van der Waals surface area contributed by atoms with Gasteiger partial charge in [0.1, 0.15) is 6.61 Å². The molecule has 4 heteroatoms. The number of hydrogen-bond acceptors (Lipinski definition) is 4. The molecule has 4 nitrogen and oxygen atoms in total. The molecular weight excluding hydrogens is 232 g/mol. The van der Waals surface area contributed by atoms with Crippen molar-refractivity contribution in [3.05, 3.63) is 48.6 Å². The second-order valence-electron chi connectivity index (χ2n) is 4.03. The van der Waals surface area contributed by atoms with Gasteiger partial charge in [-0.05, 0) is 18.6 Å². The molecule has 0 aliphatic rings. The Labute approximate surface area is 107 Å². The first-order valence-electron chi connectivity index (χ1n) is 5.82. The highest BCUT2D eigenvalue weighted by Crippen LogP contribution is 2.06. The van der Waals surface area contributed by atoms with Crippen LogP contribution in [-0.2, 0) is 4.74 Å². The van der Waals surface area contributed by atoms with Gasteiger partial charge < -0.3 is 14.9 Å². The summed E-state index contributed by atoms with van der Waals surface area (Å²) in [6.07, 6.45) is 0.617. The van der Waals surface area contributed by atoms with Gasteiger partial charge in [-0.25, -0.2) is 4.79 Å². The topological polar surface area (TPSA) is 66.8 Å². The molecule has 0 aliphatic carbocycles. The van der Waals surface area contributed by atoms with E-state index in [-0.39, 0.29) is 13.0 Å². The molecule has 0 heterocycles. The highest BCUT2D eigenvalue weighted by Gasteiger charge is 2.14. The number of carbonyl (C=O) groups excluding carboxylic acids is 1. The van der Waals surface area contributed by atoms with Crippen LogP contribution < -0.4 is 0 Å². The maximum atomic E-state index is 11.5. The summed E-state index contributed by atoms with van der Waals surface area (Å²) in [4.78, 5) is 11.5. The maximum Gasteiger partial charge on any atom is 0.338 e. The fourth-order valence-electron chi connectivity index (χ4n) is 1.50. The van der Waals surface area contributed by atoms with Crippen molar-refractivity contribution in [3.63, 3.8) is 0 Å². The van der Waals surface area contributed by atoms with E-state index in [1.165, 1.54) is 0 Å². The molecule has 1 aromatic rings. The number of benzene rings is 1. The summed E-state index contributed by atoms with van der Waals surface area (Å²) in [5.41, 5.74) is 0.441. The van der Waals surface area contributed by atoms with E-state index in [1.54, 1.807) is 36.4 Å². The Kier molecular flexibility index (Phi) is 6.11. The number of ether oxygens (including phenoxy) is 1. The van der Waals surface area contributed by atoms with Crippen molar-refractivity contribution in [2.45, 2.75) is 25.0 Å². The number of aliphatic hydroxyl groups excluding tert-OH is 2. The maximum absolute atomic E-state index is 11.5. The molecular formula is C14H18O4. The average molecular weight is 250 g/mol. The van der Waals surface area contributed by atoms with Crippen LogP contribution in [0.4, 0.5) is 0 Å². The van der Waals surface area contributed by atoms with Gasteiger partial charge in [-0.2, -0.15) is 0 Å². The van der Waals surface area contributed by atoms with E-state index in [2.05, 4.69) is 6.58 Å². The Hall–Kier alpha value is -1.65. The molecule has 2 N–H and O–H groups in total. The molecule has 98 valence electrons. The van der Waals surface area contributed by atoms with Gasteiger partial charge in [-0.15, -0.1) is 6.58 Å². The molecule has 2 atom stereocenters. The monoisotopic (exact) mass is 250 g/mol. The highest BCUT2D eigenvalue weighted by atomic mass is 16.5.